The van der Waals surface area contributed by atoms with Gasteiger partial charge in [0.25, 0.3) is 0 Å². The Kier molecular flexibility index (Phi) is 4.53. The molecule has 0 saturated carbocycles. The van der Waals surface area contributed by atoms with E-state index in [4.69, 9.17) is 15.2 Å². The van der Waals surface area contributed by atoms with Gasteiger partial charge < -0.3 is 20.3 Å². The molecule has 1 rings (SSSR count). The first kappa shape index (κ1) is 14.7. The maximum Gasteiger partial charge on any atom is 0.134 e. The monoisotopic (exact) mass is 257 g/mol. The van der Waals surface area contributed by atoms with Gasteiger partial charge in [-0.1, -0.05) is 0 Å². The highest BCUT2D eigenvalue weighted by atomic mass is 19.1. The highest BCUT2D eigenvalue weighted by molar-refractivity contribution is 5.49. The van der Waals surface area contributed by atoms with Gasteiger partial charge in [-0.25, -0.2) is 4.39 Å². The molecular formula is C13H20FNO3. The Morgan fingerprint density at radius 1 is 1.28 bits per heavy atom. The largest absolute Gasteiger partial charge is 0.496 e. The first-order valence-electron chi connectivity index (χ1n) is 5.68. The van der Waals surface area contributed by atoms with Gasteiger partial charge in [0.1, 0.15) is 17.2 Å². The number of methoxy groups -OCH3 is 2. The lowest BCUT2D eigenvalue weighted by atomic mass is 9.95. The number of halogens is 1. The number of ether oxygens (including phenoxy) is 2. The number of benzene rings is 1. The molecule has 0 saturated heterocycles. The fourth-order valence-electron chi connectivity index (χ4n) is 1.77. The normalized spacial score (nSPS) is 13.3. The van der Waals surface area contributed by atoms with E-state index in [1.54, 1.807) is 6.07 Å². The van der Waals surface area contributed by atoms with E-state index in [2.05, 4.69) is 0 Å². The molecule has 0 radical (unpaired) electrons. The van der Waals surface area contributed by atoms with Gasteiger partial charge in [-0.05, 0) is 26.0 Å². The molecule has 1 aromatic rings. The highest BCUT2D eigenvalue weighted by Gasteiger charge is 2.26. The topological polar surface area (TPSA) is 64.7 Å². The molecule has 5 heteroatoms. The van der Waals surface area contributed by atoms with E-state index >= 15 is 0 Å². The van der Waals surface area contributed by atoms with Crippen LogP contribution in [0.3, 0.4) is 0 Å². The van der Waals surface area contributed by atoms with E-state index in [0.717, 1.165) is 0 Å². The number of hydrogen-bond donors (Lipinski definition) is 2. The van der Waals surface area contributed by atoms with Crippen LogP contribution >= 0.6 is 0 Å². The first-order valence-corrected chi connectivity index (χ1v) is 5.68. The van der Waals surface area contributed by atoms with Gasteiger partial charge in [0.2, 0.25) is 0 Å². The molecule has 0 aromatic heterocycles. The molecule has 0 aliphatic rings. The maximum absolute atomic E-state index is 14.1. The number of hydrogen-bond acceptors (Lipinski definition) is 4. The van der Waals surface area contributed by atoms with Gasteiger partial charge in [-0.3, -0.25) is 0 Å². The van der Waals surface area contributed by atoms with Gasteiger partial charge in [-0.2, -0.15) is 0 Å². The summed E-state index contributed by atoms with van der Waals surface area (Å²) in [5.74, 6) is 0.764. The Labute approximate surface area is 107 Å². The minimum absolute atomic E-state index is 0.0535. The zero-order valence-corrected chi connectivity index (χ0v) is 11.2. The molecule has 102 valence electrons. The zero-order chi connectivity index (χ0) is 13.9. The van der Waals surface area contributed by atoms with Crippen LogP contribution in [-0.4, -0.2) is 25.9 Å². The minimum atomic E-state index is -1.56. The predicted molar refractivity (Wildman–Crippen MR) is 67.7 cm³/mol. The second kappa shape index (κ2) is 5.54. The molecule has 0 heterocycles. The summed E-state index contributed by atoms with van der Waals surface area (Å²) in [4.78, 5) is 0. The number of aliphatic hydroxyl groups excluding tert-OH is 1. The molecule has 3 N–H and O–H groups in total. The van der Waals surface area contributed by atoms with Crippen molar-refractivity contribution < 1.29 is 19.0 Å². The molecule has 1 atom stereocenters. The Morgan fingerprint density at radius 2 is 1.83 bits per heavy atom. The third-order valence-electron chi connectivity index (χ3n) is 2.77. The summed E-state index contributed by atoms with van der Waals surface area (Å²) in [6, 6.07) is 3.10. The molecule has 0 spiro atoms. The molecule has 0 aliphatic carbocycles. The van der Waals surface area contributed by atoms with Crippen molar-refractivity contribution in [1.29, 1.82) is 0 Å². The van der Waals surface area contributed by atoms with Crippen molar-refractivity contribution in [1.82, 2.24) is 0 Å². The van der Waals surface area contributed by atoms with E-state index in [1.807, 2.05) is 0 Å². The molecule has 0 amide bonds. The number of alkyl halides is 1. The Balaban J connectivity index is 3.42. The van der Waals surface area contributed by atoms with Gasteiger partial charge in [-0.15, -0.1) is 0 Å². The third-order valence-corrected chi connectivity index (χ3v) is 2.77. The summed E-state index contributed by atoms with van der Waals surface area (Å²) >= 11 is 0. The lowest BCUT2D eigenvalue weighted by Gasteiger charge is -2.22. The van der Waals surface area contributed by atoms with Crippen LogP contribution in [0.25, 0.3) is 0 Å². The van der Waals surface area contributed by atoms with Crippen molar-refractivity contribution in [2.75, 3.05) is 20.8 Å². The summed E-state index contributed by atoms with van der Waals surface area (Å²) < 4.78 is 24.4. The summed E-state index contributed by atoms with van der Waals surface area (Å²) in [6.45, 7) is 2.92. The molecule has 0 fully saturated rings. The minimum Gasteiger partial charge on any atom is -0.496 e. The van der Waals surface area contributed by atoms with Crippen molar-refractivity contribution >= 4 is 0 Å². The van der Waals surface area contributed by atoms with Crippen LogP contribution in [-0.2, 0) is 5.67 Å². The Hall–Kier alpha value is -1.33. The van der Waals surface area contributed by atoms with Crippen LogP contribution in [0.2, 0.25) is 0 Å². The fraction of sp³-hybridized carbons (Fsp3) is 0.538. The molecule has 4 nitrogen and oxygen atoms in total. The van der Waals surface area contributed by atoms with Crippen LogP contribution in [0.15, 0.2) is 12.1 Å². The van der Waals surface area contributed by atoms with E-state index < -0.39 is 11.8 Å². The first-order chi connectivity index (χ1) is 8.35. The number of aliphatic hydroxyl groups is 1. The van der Waals surface area contributed by atoms with E-state index in [-0.39, 0.29) is 6.54 Å². The van der Waals surface area contributed by atoms with Crippen molar-refractivity contribution in [2.45, 2.75) is 25.6 Å². The highest BCUT2D eigenvalue weighted by Crippen LogP contribution is 2.39. The second-order valence-corrected chi connectivity index (χ2v) is 4.52. The maximum atomic E-state index is 14.1. The third kappa shape index (κ3) is 2.91. The Bertz CT molecular complexity index is 415. The SMILES string of the molecule is COc1cc(C(C)(C)F)c(OC)cc1C(O)CN. The quantitative estimate of drug-likeness (QED) is 0.845. The second-order valence-electron chi connectivity index (χ2n) is 4.52. The molecule has 1 aromatic carbocycles. The number of nitrogens with two attached hydrogens (primary N) is 1. The lowest BCUT2D eigenvalue weighted by Crippen LogP contribution is -2.16. The van der Waals surface area contributed by atoms with Gasteiger partial charge >= 0.3 is 0 Å². The zero-order valence-electron chi connectivity index (χ0n) is 11.2. The fourth-order valence-corrected chi connectivity index (χ4v) is 1.77. The summed E-state index contributed by atoms with van der Waals surface area (Å²) in [5, 5.41) is 9.80. The van der Waals surface area contributed by atoms with Crippen LogP contribution in [0.4, 0.5) is 4.39 Å². The molecule has 18 heavy (non-hydrogen) atoms. The molecule has 0 aliphatic heterocycles. The van der Waals surface area contributed by atoms with Crippen molar-refractivity contribution in [3.05, 3.63) is 23.3 Å². The average Bonchev–Trinajstić information content (AvgIpc) is 2.34. The standard InChI is InChI=1S/C13H20FNO3/c1-13(2,14)9-6-11(17-3)8(10(16)7-15)5-12(9)18-4/h5-6,10,16H,7,15H2,1-4H3. The van der Waals surface area contributed by atoms with E-state index in [1.165, 1.54) is 34.1 Å². The van der Waals surface area contributed by atoms with E-state index in [0.29, 0.717) is 22.6 Å². The van der Waals surface area contributed by atoms with Crippen molar-refractivity contribution in [3.63, 3.8) is 0 Å². The summed E-state index contributed by atoms with van der Waals surface area (Å²) in [7, 11) is 2.92. The smallest absolute Gasteiger partial charge is 0.134 e. The van der Waals surface area contributed by atoms with Crippen LogP contribution in [0, 0.1) is 0 Å². The molecule has 0 bridgehead atoms. The van der Waals surface area contributed by atoms with Crippen LogP contribution in [0.5, 0.6) is 11.5 Å². The van der Waals surface area contributed by atoms with Crippen LogP contribution < -0.4 is 15.2 Å². The number of rotatable bonds is 5. The van der Waals surface area contributed by atoms with Crippen molar-refractivity contribution in [2.24, 2.45) is 5.73 Å². The van der Waals surface area contributed by atoms with Crippen molar-refractivity contribution in [3.8, 4) is 11.5 Å². The van der Waals surface area contributed by atoms with Gasteiger partial charge in [0, 0.05) is 17.7 Å². The predicted octanol–water partition coefficient (Wildman–Crippen LogP) is 1.90. The molecule has 1 unspecified atom stereocenters. The summed E-state index contributed by atoms with van der Waals surface area (Å²) in [5.41, 5.74) is 4.72. The summed E-state index contributed by atoms with van der Waals surface area (Å²) in [6.07, 6.45) is -0.870. The lowest BCUT2D eigenvalue weighted by molar-refractivity contribution is 0.180. The van der Waals surface area contributed by atoms with Gasteiger partial charge in [0.15, 0.2) is 0 Å². The van der Waals surface area contributed by atoms with E-state index in [9.17, 15) is 9.50 Å². The Morgan fingerprint density at radius 3 is 2.22 bits per heavy atom. The van der Waals surface area contributed by atoms with Crippen LogP contribution in [0.1, 0.15) is 31.1 Å². The molecular weight excluding hydrogens is 237 g/mol. The average molecular weight is 257 g/mol. The van der Waals surface area contributed by atoms with Gasteiger partial charge in [0.05, 0.1) is 20.3 Å².